The van der Waals surface area contributed by atoms with Crippen molar-refractivity contribution in [2.45, 2.75) is 46.1 Å². The highest BCUT2D eigenvalue weighted by molar-refractivity contribution is 4.74. The lowest BCUT2D eigenvalue weighted by molar-refractivity contribution is -0.00893. The molecule has 0 atom stereocenters. The topological polar surface area (TPSA) is 32.7 Å². The van der Waals surface area contributed by atoms with Gasteiger partial charge in [0.1, 0.15) is 0 Å². The highest BCUT2D eigenvalue weighted by Gasteiger charge is 2.20. The Bertz CT molecular complexity index is 181. The molecule has 1 aliphatic rings. The molecule has 0 aliphatic carbocycles. The number of hydrogen-bond acceptors (Lipinski definition) is 3. The normalized spacial score (nSPS) is 20.2. The Morgan fingerprint density at radius 3 is 2.38 bits per heavy atom. The van der Waals surface area contributed by atoms with Crippen molar-refractivity contribution in [1.82, 2.24) is 4.90 Å². The van der Waals surface area contributed by atoms with E-state index in [-0.39, 0.29) is 6.61 Å². The minimum Gasteiger partial charge on any atom is -0.394 e. The van der Waals surface area contributed by atoms with Gasteiger partial charge in [-0.05, 0) is 31.2 Å². The van der Waals surface area contributed by atoms with Crippen LogP contribution in [0.1, 0.15) is 40.0 Å². The molecule has 0 aromatic carbocycles. The summed E-state index contributed by atoms with van der Waals surface area (Å²) < 4.78 is 5.55. The predicted molar refractivity (Wildman–Crippen MR) is 66.6 cm³/mol. The zero-order valence-corrected chi connectivity index (χ0v) is 11.0. The van der Waals surface area contributed by atoms with Gasteiger partial charge in [-0.3, -0.25) is 0 Å². The lowest BCUT2D eigenvalue weighted by atomic mass is 9.91. The first kappa shape index (κ1) is 13.9. The SMILES string of the molecule is CC(C)(C)CCN1CCC(OCCO)CC1. The number of likely N-dealkylation sites (tertiary alicyclic amines) is 1. The minimum atomic E-state index is 0.143. The lowest BCUT2D eigenvalue weighted by Crippen LogP contribution is -2.38. The quantitative estimate of drug-likeness (QED) is 0.781. The van der Waals surface area contributed by atoms with Gasteiger partial charge in [0.25, 0.3) is 0 Å². The van der Waals surface area contributed by atoms with E-state index in [2.05, 4.69) is 25.7 Å². The molecule has 0 amide bonds. The van der Waals surface area contributed by atoms with Crippen molar-refractivity contribution in [3.8, 4) is 0 Å². The van der Waals surface area contributed by atoms with E-state index in [4.69, 9.17) is 9.84 Å². The summed E-state index contributed by atoms with van der Waals surface area (Å²) in [4.78, 5) is 2.53. The molecule has 1 rings (SSSR count). The Hall–Kier alpha value is -0.120. The molecular weight excluding hydrogens is 202 g/mol. The van der Waals surface area contributed by atoms with Crippen LogP contribution in [0.4, 0.5) is 0 Å². The largest absolute Gasteiger partial charge is 0.394 e. The molecule has 1 fully saturated rings. The zero-order chi connectivity index (χ0) is 12.0. The van der Waals surface area contributed by atoms with E-state index >= 15 is 0 Å². The van der Waals surface area contributed by atoms with Gasteiger partial charge in [-0.25, -0.2) is 0 Å². The molecule has 1 N–H and O–H groups in total. The molecule has 3 nitrogen and oxygen atoms in total. The summed E-state index contributed by atoms with van der Waals surface area (Å²) in [5, 5.41) is 8.69. The van der Waals surface area contributed by atoms with Gasteiger partial charge in [0.2, 0.25) is 0 Å². The van der Waals surface area contributed by atoms with Gasteiger partial charge in [-0.1, -0.05) is 20.8 Å². The lowest BCUT2D eigenvalue weighted by Gasteiger charge is -2.33. The maximum Gasteiger partial charge on any atom is 0.0701 e. The summed E-state index contributed by atoms with van der Waals surface area (Å²) in [5.41, 5.74) is 0.435. The molecule has 0 aromatic rings. The van der Waals surface area contributed by atoms with E-state index in [9.17, 15) is 0 Å². The fourth-order valence-corrected chi connectivity index (χ4v) is 2.01. The van der Waals surface area contributed by atoms with E-state index in [0.717, 1.165) is 25.9 Å². The van der Waals surface area contributed by atoms with Crippen molar-refractivity contribution in [1.29, 1.82) is 0 Å². The predicted octanol–water partition coefficient (Wildman–Crippen LogP) is 1.90. The van der Waals surface area contributed by atoms with Crippen LogP contribution in [-0.4, -0.2) is 49.0 Å². The van der Waals surface area contributed by atoms with Crippen LogP contribution < -0.4 is 0 Å². The Morgan fingerprint density at radius 1 is 1.25 bits per heavy atom. The van der Waals surface area contributed by atoms with Crippen LogP contribution in [0.25, 0.3) is 0 Å². The second-order valence-corrected chi connectivity index (χ2v) is 5.95. The van der Waals surface area contributed by atoms with Crippen LogP contribution in [0.15, 0.2) is 0 Å². The van der Waals surface area contributed by atoms with Crippen molar-refractivity contribution in [2.24, 2.45) is 5.41 Å². The Labute approximate surface area is 99.8 Å². The van der Waals surface area contributed by atoms with Gasteiger partial charge >= 0.3 is 0 Å². The molecule has 1 aliphatic heterocycles. The van der Waals surface area contributed by atoms with Crippen molar-refractivity contribution in [3.05, 3.63) is 0 Å². The summed E-state index contributed by atoms with van der Waals surface area (Å²) >= 11 is 0. The molecule has 1 heterocycles. The molecule has 0 radical (unpaired) electrons. The van der Waals surface area contributed by atoms with E-state index < -0.39 is 0 Å². The van der Waals surface area contributed by atoms with Gasteiger partial charge in [-0.15, -0.1) is 0 Å². The molecule has 0 bridgehead atoms. The third kappa shape index (κ3) is 5.83. The van der Waals surface area contributed by atoms with Crippen molar-refractivity contribution in [3.63, 3.8) is 0 Å². The number of aliphatic hydroxyl groups is 1. The molecule has 0 unspecified atom stereocenters. The fourth-order valence-electron chi connectivity index (χ4n) is 2.01. The van der Waals surface area contributed by atoms with Crippen LogP contribution in [0.5, 0.6) is 0 Å². The number of ether oxygens (including phenoxy) is 1. The molecule has 96 valence electrons. The number of piperidine rings is 1. The van der Waals surface area contributed by atoms with Crippen LogP contribution in [0, 0.1) is 5.41 Å². The molecular formula is C13H27NO2. The standard InChI is InChI=1S/C13H27NO2/c1-13(2,3)6-9-14-7-4-12(5-8-14)16-11-10-15/h12,15H,4-11H2,1-3H3. The highest BCUT2D eigenvalue weighted by Crippen LogP contribution is 2.21. The Balaban J connectivity index is 2.12. The summed E-state index contributed by atoms with van der Waals surface area (Å²) in [5.74, 6) is 0. The minimum absolute atomic E-state index is 0.143. The third-order valence-corrected chi connectivity index (χ3v) is 3.16. The van der Waals surface area contributed by atoms with Crippen molar-refractivity contribution >= 4 is 0 Å². The monoisotopic (exact) mass is 229 g/mol. The van der Waals surface area contributed by atoms with Gasteiger partial charge in [0, 0.05) is 13.1 Å². The van der Waals surface area contributed by atoms with E-state index in [1.54, 1.807) is 0 Å². The van der Waals surface area contributed by atoms with Gasteiger partial charge < -0.3 is 14.7 Å². The first-order chi connectivity index (χ1) is 7.51. The Kier molecular flexibility index (Phi) is 5.73. The van der Waals surface area contributed by atoms with Crippen LogP contribution >= 0.6 is 0 Å². The molecule has 3 heteroatoms. The van der Waals surface area contributed by atoms with E-state index in [1.807, 2.05) is 0 Å². The molecule has 16 heavy (non-hydrogen) atoms. The van der Waals surface area contributed by atoms with Gasteiger partial charge in [0.15, 0.2) is 0 Å². The summed E-state index contributed by atoms with van der Waals surface area (Å²) in [6.07, 6.45) is 3.86. The van der Waals surface area contributed by atoms with Gasteiger partial charge in [0.05, 0.1) is 19.3 Å². The van der Waals surface area contributed by atoms with Crippen molar-refractivity contribution < 1.29 is 9.84 Å². The van der Waals surface area contributed by atoms with Gasteiger partial charge in [-0.2, -0.15) is 0 Å². The second-order valence-electron chi connectivity index (χ2n) is 5.95. The smallest absolute Gasteiger partial charge is 0.0701 e. The summed E-state index contributed by atoms with van der Waals surface area (Å²) in [6.45, 7) is 11.0. The first-order valence-electron chi connectivity index (χ1n) is 6.46. The average Bonchev–Trinajstić information content (AvgIpc) is 2.24. The number of hydrogen-bond donors (Lipinski definition) is 1. The summed E-state index contributed by atoms with van der Waals surface area (Å²) in [7, 11) is 0. The third-order valence-electron chi connectivity index (χ3n) is 3.16. The average molecular weight is 229 g/mol. The number of rotatable bonds is 5. The molecule has 0 aromatic heterocycles. The second kappa shape index (κ2) is 6.58. The van der Waals surface area contributed by atoms with Crippen LogP contribution in [0.3, 0.4) is 0 Å². The molecule has 0 saturated carbocycles. The maximum atomic E-state index is 8.69. The van der Waals surface area contributed by atoms with Crippen molar-refractivity contribution in [2.75, 3.05) is 32.8 Å². The van der Waals surface area contributed by atoms with E-state index in [1.165, 1.54) is 13.0 Å². The summed E-state index contributed by atoms with van der Waals surface area (Å²) in [6, 6.07) is 0. The molecule has 1 saturated heterocycles. The highest BCUT2D eigenvalue weighted by atomic mass is 16.5. The Morgan fingerprint density at radius 2 is 1.88 bits per heavy atom. The fraction of sp³-hybridized carbons (Fsp3) is 1.00. The molecule has 0 spiro atoms. The van der Waals surface area contributed by atoms with Crippen LogP contribution in [0.2, 0.25) is 0 Å². The maximum absolute atomic E-state index is 8.69. The number of aliphatic hydroxyl groups excluding tert-OH is 1. The zero-order valence-electron chi connectivity index (χ0n) is 11.0. The first-order valence-corrected chi connectivity index (χ1v) is 6.46. The number of nitrogens with zero attached hydrogens (tertiary/aromatic N) is 1. The van der Waals surface area contributed by atoms with Crippen LogP contribution in [-0.2, 0) is 4.74 Å². The van der Waals surface area contributed by atoms with E-state index in [0.29, 0.717) is 18.1 Å².